The van der Waals surface area contributed by atoms with Gasteiger partial charge in [0.25, 0.3) is 0 Å². The normalized spacial score (nSPS) is 30.1. The number of nitrogens with zero attached hydrogens (tertiary/aromatic N) is 2. The Bertz CT molecular complexity index is 403. The first-order valence-corrected chi connectivity index (χ1v) is 9.18. The van der Waals surface area contributed by atoms with E-state index < -0.39 is 0 Å². The Hall–Kier alpha value is -0.380. The molecular formula is C17H28N2S. The molecule has 2 aliphatic heterocycles. The maximum atomic E-state index is 2.81. The highest BCUT2D eigenvalue weighted by Gasteiger charge is 2.35. The summed E-state index contributed by atoms with van der Waals surface area (Å²) in [5, 5.41) is 2.21. The molecule has 0 aliphatic carbocycles. The quantitative estimate of drug-likeness (QED) is 0.836. The highest BCUT2D eigenvalue weighted by atomic mass is 32.1. The molecule has 2 fully saturated rings. The van der Waals surface area contributed by atoms with Crippen molar-refractivity contribution in [2.24, 2.45) is 0 Å². The third-order valence-corrected chi connectivity index (χ3v) is 6.10. The summed E-state index contributed by atoms with van der Waals surface area (Å²) in [6, 6.07) is 6.75. The van der Waals surface area contributed by atoms with Gasteiger partial charge < -0.3 is 0 Å². The van der Waals surface area contributed by atoms with Crippen LogP contribution in [0.3, 0.4) is 0 Å². The van der Waals surface area contributed by atoms with Gasteiger partial charge in [-0.2, -0.15) is 0 Å². The second kappa shape index (κ2) is 6.59. The van der Waals surface area contributed by atoms with E-state index in [0.717, 1.165) is 12.1 Å². The van der Waals surface area contributed by atoms with Crippen LogP contribution in [0, 0.1) is 0 Å². The number of hydrogen-bond acceptors (Lipinski definition) is 3. The van der Waals surface area contributed by atoms with Crippen LogP contribution in [0.4, 0.5) is 0 Å². The van der Waals surface area contributed by atoms with Crippen LogP contribution in [-0.4, -0.2) is 47.6 Å². The van der Waals surface area contributed by atoms with Crippen molar-refractivity contribution in [1.29, 1.82) is 0 Å². The smallest absolute Gasteiger partial charge is 0.0224 e. The fraction of sp³-hybridized carbons (Fsp3) is 0.765. The number of piperazine rings is 1. The first kappa shape index (κ1) is 14.6. The molecular weight excluding hydrogens is 264 g/mol. The molecule has 0 radical (unpaired) electrons. The molecule has 20 heavy (non-hydrogen) atoms. The molecule has 2 nitrogen and oxygen atoms in total. The molecule has 2 aliphatic rings. The van der Waals surface area contributed by atoms with E-state index >= 15 is 0 Å². The zero-order valence-corrected chi connectivity index (χ0v) is 13.7. The summed E-state index contributed by atoms with van der Waals surface area (Å²) >= 11 is 1.91. The van der Waals surface area contributed by atoms with Crippen molar-refractivity contribution >= 4 is 11.3 Å². The van der Waals surface area contributed by atoms with Crippen LogP contribution in [0.15, 0.2) is 17.5 Å². The molecule has 3 unspecified atom stereocenters. The Morgan fingerprint density at radius 3 is 3.00 bits per heavy atom. The van der Waals surface area contributed by atoms with E-state index in [1.165, 1.54) is 51.7 Å². The Balaban J connectivity index is 1.66. The summed E-state index contributed by atoms with van der Waals surface area (Å²) in [5.74, 6) is 0. The lowest BCUT2D eigenvalue weighted by molar-refractivity contribution is -0.0114. The largest absolute Gasteiger partial charge is 0.298 e. The van der Waals surface area contributed by atoms with Gasteiger partial charge in [0.1, 0.15) is 0 Å². The minimum Gasteiger partial charge on any atom is -0.298 e. The second-order valence-electron chi connectivity index (χ2n) is 6.54. The van der Waals surface area contributed by atoms with Gasteiger partial charge in [-0.05, 0) is 50.6 Å². The molecule has 0 spiro atoms. The summed E-state index contributed by atoms with van der Waals surface area (Å²) in [7, 11) is 0. The van der Waals surface area contributed by atoms with E-state index in [0.29, 0.717) is 6.04 Å². The van der Waals surface area contributed by atoms with Gasteiger partial charge in [0.2, 0.25) is 0 Å². The maximum Gasteiger partial charge on any atom is 0.0224 e. The minimum atomic E-state index is 0.683. The van der Waals surface area contributed by atoms with Crippen molar-refractivity contribution in [3.63, 3.8) is 0 Å². The van der Waals surface area contributed by atoms with Crippen molar-refractivity contribution in [3.8, 4) is 0 Å². The van der Waals surface area contributed by atoms with E-state index in [1.807, 2.05) is 11.3 Å². The Morgan fingerprint density at radius 1 is 1.35 bits per heavy atom. The monoisotopic (exact) mass is 292 g/mol. The summed E-state index contributed by atoms with van der Waals surface area (Å²) < 4.78 is 0. The lowest BCUT2D eigenvalue weighted by Gasteiger charge is -2.50. The van der Waals surface area contributed by atoms with Crippen molar-refractivity contribution < 1.29 is 0 Å². The standard InChI is InChI=1S/C17H28N2S/c1-3-15-12-18-9-5-4-7-16(18)13-19(15)14(2)11-17-8-6-10-20-17/h6,8,10,14-16H,3-5,7,9,11-13H2,1-2H3. The third kappa shape index (κ3) is 3.10. The number of piperidine rings is 1. The molecule has 0 amide bonds. The van der Waals surface area contributed by atoms with Crippen molar-refractivity contribution in [3.05, 3.63) is 22.4 Å². The molecule has 0 aromatic carbocycles. The van der Waals surface area contributed by atoms with Gasteiger partial charge in [0.15, 0.2) is 0 Å². The predicted molar refractivity (Wildman–Crippen MR) is 87.5 cm³/mol. The van der Waals surface area contributed by atoms with Crippen LogP contribution in [0.25, 0.3) is 0 Å². The molecule has 2 saturated heterocycles. The first-order chi connectivity index (χ1) is 9.78. The van der Waals surface area contributed by atoms with Crippen LogP contribution < -0.4 is 0 Å². The molecule has 3 heteroatoms. The zero-order valence-electron chi connectivity index (χ0n) is 12.9. The van der Waals surface area contributed by atoms with Crippen LogP contribution in [-0.2, 0) is 6.42 Å². The molecule has 112 valence electrons. The van der Waals surface area contributed by atoms with Crippen LogP contribution >= 0.6 is 11.3 Å². The molecule has 1 aromatic heterocycles. The van der Waals surface area contributed by atoms with Gasteiger partial charge in [0, 0.05) is 36.1 Å². The topological polar surface area (TPSA) is 6.48 Å². The second-order valence-corrected chi connectivity index (χ2v) is 7.57. The third-order valence-electron chi connectivity index (χ3n) is 5.20. The van der Waals surface area contributed by atoms with Gasteiger partial charge in [-0.15, -0.1) is 11.3 Å². The molecule has 3 rings (SSSR count). The average molecular weight is 292 g/mol. The predicted octanol–water partition coefficient (Wildman–Crippen LogP) is 3.63. The summed E-state index contributed by atoms with van der Waals surface area (Å²) in [6.45, 7) is 8.73. The minimum absolute atomic E-state index is 0.683. The molecule has 3 atom stereocenters. The molecule has 0 bridgehead atoms. The molecule has 3 heterocycles. The van der Waals surface area contributed by atoms with Gasteiger partial charge >= 0.3 is 0 Å². The number of fused-ring (bicyclic) bond motifs is 1. The number of thiophene rings is 1. The highest BCUT2D eigenvalue weighted by Crippen LogP contribution is 2.27. The van der Waals surface area contributed by atoms with Crippen LogP contribution in [0.5, 0.6) is 0 Å². The summed E-state index contributed by atoms with van der Waals surface area (Å²) in [6.07, 6.45) is 6.78. The SMILES string of the molecule is CCC1CN2CCCCC2CN1C(C)Cc1cccs1. The first-order valence-electron chi connectivity index (χ1n) is 8.30. The van der Waals surface area contributed by atoms with E-state index in [1.54, 1.807) is 4.88 Å². The Morgan fingerprint density at radius 2 is 2.25 bits per heavy atom. The fourth-order valence-corrected chi connectivity index (χ4v) is 4.84. The lowest BCUT2D eigenvalue weighted by Crippen LogP contribution is -2.61. The molecule has 0 saturated carbocycles. The van der Waals surface area contributed by atoms with Crippen LogP contribution in [0.1, 0.15) is 44.4 Å². The number of hydrogen-bond donors (Lipinski definition) is 0. The van der Waals surface area contributed by atoms with E-state index in [-0.39, 0.29) is 0 Å². The Kier molecular flexibility index (Phi) is 4.79. The van der Waals surface area contributed by atoms with Crippen molar-refractivity contribution in [2.75, 3.05) is 19.6 Å². The van der Waals surface area contributed by atoms with E-state index in [2.05, 4.69) is 41.2 Å². The van der Waals surface area contributed by atoms with Gasteiger partial charge in [-0.25, -0.2) is 0 Å². The average Bonchev–Trinajstić information content (AvgIpc) is 2.98. The zero-order chi connectivity index (χ0) is 13.9. The van der Waals surface area contributed by atoms with E-state index in [4.69, 9.17) is 0 Å². The van der Waals surface area contributed by atoms with Gasteiger partial charge in [0.05, 0.1) is 0 Å². The maximum absolute atomic E-state index is 2.81. The highest BCUT2D eigenvalue weighted by molar-refractivity contribution is 7.09. The van der Waals surface area contributed by atoms with Gasteiger partial charge in [-0.3, -0.25) is 9.80 Å². The fourth-order valence-electron chi connectivity index (χ4n) is 4.02. The van der Waals surface area contributed by atoms with Crippen LogP contribution in [0.2, 0.25) is 0 Å². The summed E-state index contributed by atoms with van der Waals surface area (Å²) in [5.41, 5.74) is 0. The van der Waals surface area contributed by atoms with E-state index in [9.17, 15) is 0 Å². The lowest BCUT2D eigenvalue weighted by atomic mass is 9.94. The van der Waals surface area contributed by atoms with Crippen molar-refractivity contribution in [2.45, 2.75) is 64.1 Å². The Labute approximate surface area is 127 Å². The molecule has 1 aromatic rings. The molecule has 0 N–H and O–H groups in total. The summed E-state index contributed by atoms with van der Waals surface area (Å²) in [4.78, 5) is 7.12. The number of rotatable bonds is 4. The van der Waals surface area contributed by atoms with Crippen molar-refractivity contribution in [1.82, 2.24) is 9.80 Å². The van der Waals surface area contributed by atoms with Gasteiger partial charge in [-0.1, -0.05) is 19.4 Å².